The van der Waals surface area contributed by atoms with Crippen molar-refractivity contribution in [3.63, 3.8) is 0 Å². The Morgan fingerprint density at radius 2 is 2.04 bits per heavy atom. The highest BCUT2D eigenvalue weighted by molar-refractivity contribution is 5.56. The molecule has 1 atom stereocenters. The molecule has 0 aliphatic heterocycles. The molecule has 0 aliphatic rings. The predicted molar refractivity (Wildman–Crippen MR) is 79.6 cm³/mol. The van der Waals surface area contributed by atoms with E-state index in [0.717, 1.165) is 17.7 Å². The molecule has 0 N–H and O–H groups in total. The van der Waals surface area contributed by atoms with Gasteiger partial charge < -0.3 is 4.90 Å². The molecule has 0 saturated heterocycles. The minimum absolute atomic E-state index is 0.0289. The monoisotopic (exact) mass is 320 g/mol. The highest BCUT2D eigenvalue weighted by Gasteiger charge is 2.34. The van der Waals surface area contributed by atoms with Crippen LogP contribution in [0.1, 0.15) is 36.7 Å². The van der Waals surface area contributed by atoms with Crippen molar-refractivity contribution in [2.75, 3.05) is 11.4 Å². The van der Waals surface area contributed by atoms with Gasteiger partial charge in [0.1, 0.15) is 17.6 Å². The van der Waals surface area contributed by atoms with Crippen LogP contribution in [0.2, 0.25) is 0 Å². The molecule has 2 rings (SSSR count). The van der Waals surface area contributed by atoms with Crippen LogP contribution in [0, 0.1) is 11.3 Å². The van der Waals surface area contributed by atoms with Crippen molar-refractivity contribution in [2.45, 2.75) is 26.1 Å². The Morgan fingerprint density at radius 3 is 2.57 bits per heavy atom. The van der Waals surface area contributed by atoms with Crippen LogP contribution in [0.25, 0.3) is 0 Å². The van der Waals surface area contributed by atoms with Gasteiger partial charge in [-0.2, -0.15) is 18.4 Å². The molecular formula is C16H15F3N4. The maximum absolute atomic E-state index is 12.9. The van der Waals surface area contributed by atoms with Gasteiger partial charge in [0, 0.05) is 18.9 Å². The number of rotatable bonds is 4. The summed E-state index contributed by atoms with van der Waals surface area (Å²) in [4.78, 5) is 9.37. The molecule has 0 radical (unpaired) electrons. The number of nitriles is 1. The lowest BCUT2D eigenvalue weighted by Crippen LogP contribution is -2.29. The van der Waals surface area contributed by atoms with E-state index < -0.39 is 11.9 Å². The van der Waals surface area contributed by atoms with Gasteiger partial charge in [-0.05, 0) is 37.6 Å². The van der Waals surface area contributed by atoms with E-state index >= 15 is 0 Å². The lowest BCUT2D eigenvalue weighted by molar-refractivity contribution is -0.141. The Kier molecular flexibility index (Phi) is 4.84. The van der Waals surface area contributed by atoms with Crippen molar-refractivity contribution in [3.8, 4) is 6.07 Å². The first-order chi connectivity index (χ1) is 10.9. The lowest BCUT2D eigenvalue weighted by atomic mass is 10.1. The molecule has 2 aromatic heterocycles. The van der Waals surface area contributed by atoms with Gasteiger partial charge in [-0.25, -0.2) is 4.98 Å². The third kappa shape index (κ3) is 3.59. The quantitative estimate of drug-likeness (QED) is 0.856. The van der Waals surface area contributed by atoms with Crippen LogP contribution in [-0.2, 0) is 6.18 Å². The van der Waals surface area contributed by atoms with E-state index in [1.165, 1.54) is 0 Å². The summed E-state index contributed by atoms with van der Waals surface area (Å²) < 4.78 is 38.8. The molecule has 0 saturated carbocycles. The fourth-order valence-electron chi connectivity index (χ4n) is 2.32. The van der Waals surface area contributed by atoms with Crippen molar-refractivity contribution in [1.29, 1.82) is 5.26 Å². The number of pyridine rings is 2. The molecule has 0 bridgehead atoms. The second-order valence-electron chi connectivity index (χ2n) is 4.93. The summed E-state index contributed by atoms with van der Waals surface area (Å²) in [5.41, 5.74) is -0.0728. The van der Waals surface area contributed by atoms with Crippen LogP contribution in [-0.4, -0.2) is 16.5 Å². The van der Waals surface area contributed by atoms with Crippen molar-refractivity contribution in [3.05, 3.63) is 53.5 Å². The minimum atomic E-state index is -4.56. The molecule has 0 fully saturated rings. The molecular weight excluding hydrogens is 305 g/mol. The molecule has 1 unspecified atom stereocenters. The van der Waals surface area contributed by atoms with Crippen molar-refractivity contribution >= 4 is 5.82 Å². The fourth-order valence-corrected chi connectivity index (χ4v) is 2.32. The molecule has 23 heavy (non-hydrogen) atoms. The number of halogens is 3. The number of hydrogen-bond acceptors (Lipinski definition) is 4. The molecule has 0 aromatic carbocycles. The average Bonchev–Trinajstić information content (AvgIpc) is 2.55. The average molecular weight is 320 g/mol. The van der Waals surface area contributed by atoms with Gasteiger partial charge in [-0.3, -0.25) is 4.98 Å². The topological polar surface area (TPSA) is 52.8 Å². The largest absolute Gasteiger partial charge is 0.433 e. The Hall–Kier alpha value is -2.62. The maximum atomic E-state index is 12.9. The number of nitrogens with zero attached hydrogens (tertiary/aromatic N) is 4. The smallest absolute Gasteiger partial charge is 0.349 e. The van der Waals surface area contributed by atoms with E-state index in [2.05, 4.69) is 9.97 Å². The molecule has 0 amide bonds. The molecule has 2 heterocycles. The first kappa shape index (κ1) is 16.7. The molecule has 4 nitrogen and oxygen atoms in total. The van der Waals surface area contributed by atoms with Crippen LogP contribution in [0.15, 0.2) is 36.7 Å². The number of anilines is 1. The predicted octanol–water partition coefficient (Wildman–Crippen LogP) is 3.95. The fraction of sp³-hybridized carbons (Fsp3) is 0.312. The summed E-state index contributed by atoms with van der Waals surface area (Å²) in [7, 11) is 0. The van der Waals surface area contributed by atoms with Crippen LogP contribution in [0.5, 0.6) is 0 Å². The van der Waals surface area contributed by atoms with Gasteiger partial charge in [-0.1, -0.05) is 6.07 Å². The second-order valence-corrected chi connectivity index (χ2v) is 4.93. The summed E-state index contributed by atoms with van der Waals surface area (Å²) >= 11 is 0. The van der Waals surface area contributed by atoms with E-state index in [4.69, 9.17) is 0 Å². The lowest BCUT2D eigenvalue weighted by Gasteiger charge is -2.30. The standard InChI is InChI=1S/C16H15F3N4/c1-3-23(11(2)13-5-4-8-21-10-13)15-12(9-20)6-7-14(22-15)16(17,18)19/h4-8,10-11H,3H2,1-2H3. The summed E-state index contributed by atoms with van der Waals surface area (Å²) in [5.74, 6) is 0.0289. The zero-order chi connectivity index (χ0) is 17.0. The number of hydrogen-bond donors (Lipinski definition) is 0. The number of aromatic nitrogens is 2. The van der Waals surface area contributed by atoms with Crippen molar-refractivity contribution < 1.29 is 13.2 Å². The van der Waals surface area contributed by atoms with Crippen LogP contribution in [0.4, 0.5) is 19.0 Å². The highest BCUT2D eigenvalue weighted by atomic mass is 19.4. The normalized spacial score (nSPS) is 12.5. The van der Waals surface area contributed by atoms with E-state index in [-0.39, 0.29) is 17.4 Å². The van der Waals surface area contributed by atoms with Gasteiger partial charge >= 0.3 is 6.18 Å². The van der Waals surface area contributed by atoms with Crippen LogP contribution < -0.4 is 4.90 Å². The zero-order valence-corrected chi connectivity index (χ0v) is 12.7. The molecule has 120 valence electrons. The van der Waals surface area contributed by atoms with Gasteiger partial charge in [0.05, 0.1) is 11.6 Å². The Balaban J connectivity index is 2.50. The maximum Gasteiger partial charge on any atom is 0.433 e. The van der Waals surface area contributed by atoms with E-state index in [0.29, 0.717) is 6.54 Å². The van der Waals surface area contributed by atoms with E-state index in [1.54, 1.807) is 30.3 Å². The summed E-state index contributed by atoms with van der Waals surface area (Å²) in [6.45, 7) is 4.04. The minimum Gasteiger partial charge on any atom is -0.349 e. The van der Waals surface area contributed by atoms with Crippen LogP contribution in [0.3, 0.4) is 0 Å². The Labute approximate surface area is 132 Å². The SMILES string of the molecule is CCN(c1nc(C(F)(F)F)ccc1C#N)C(C)c1cccnc1. The third-order valence-electron chi connectivity index (χ3n) is 3.53. The van der Waals surface area contributed by atoms with Gasteiger partial charge in [0.2, 0.25) is 0 Å². The molecule has 0 spiro atoms. The zero-order valence-electron chi connectivity index (χ0n) is 12.7. The van der Waals surface area contributed by atoms with E-state index in [1.807, 2.05) is 19.1 Å². The summed E-state index contributed by atoms with van der Waals surface area (Å²) in [5, 5.41) is 9.20. The van der Waals surface area contributed by atoms with Gasteiger partial charge in [0.15, 0.2) is 0 Å². The molecule has 7 heteroatoms. The molecule has 0 aliphatic carbocycles. The number of alkyl halides is 3. The van der Waals surface area contributed by atoms with Crippen molar-refractivity contribution in [1.82, 2.24) is 9.97 Å². The first-order valence-electron chi connectivity index (χ1n) is 7.03. The molecule has 2 aromatic rings. The van der Waals surface area contributed by atoms with Gasteiger partial charge in [-0.15, -0.1) is 0 Å². The first-order valence-corrected chi connectivity index (χ1v) is 7.03. The summed E-state index contributed by atoms with van der Waals surface area (Å²) in [6, 6.07) is 7.21. The van der Waals surface area contributed by atoms with Crippen molar-refractivity contribution in [2.24, 2.45) is 0 Å². The van der Waals surface area contributed by atoms with Crippen LogP contribution >= 0.6 is 0 Å². The Bertz CT molecular complexity index is 708. The second kappa shape index (κ2) is 6.65. The Morgan fingerprint density at radius 1 is 1.30 bits per heavy atom. The summed E-state index contributed by atoms with van der Waals surface area (Å²) in [6.07, 6.45) is -1.29. The highest BCUT2D eigenvalue weighted by Crippen LogP contribution is 2.33. The third-order valence-corrected chi connectivity index (χ3v) is 3.53. The van der Waals surface area contributed by atoms with Gasteiger partial charge in [0.25, 0.3) is 0 Å². The van der Waals surface area contributed by atoms with E-state index in [9.17, 15) is 18.4 Å².